The van der Waals surface area contributed by atoms with E-state index in [1.165, 1.54) is 0 Å². The summed E-state index contributed by atoms with van der Waals surface area (Å²) in [5.41, 5.74) is 0. The smallest absolute Gasteiger partial charge is 0.308 e. The van der Waals surface area contributed by atoms with Gasteiger partial charge < -0.3 is 4.74 Å². The first kappa shape index (κ1) is 3.33. The zero-order valence-corrected chi connectivity index (χ0v) is 3.14. The van der Waals surface area contributed by atoms with Gasteiger partial charge in [-0.1, -0.05) is 0 Å². The van der Waals surface area contributed by atoms with Gasteiger partial charge in [0.1, 0.15) is 6.61 Å². The molecule has 6 heavy (non-hydrogen) atoms. The summed E-state index contributed by atoms with van der Waals surface area (Å²) in [6.07, 6.45) is 1.56. The Balaban J connectivity index is 2.59. The summed E-state index contributed by atoms with van der Waals surface area (Å²) in [6.45, 7) is 0.471. The Kier molecular flexibility index (Phi) is 0.602. The van der Waals surface area contributed by atoms with Crippen molar-refractivity contribution in [1.82, 2.24) is 0 Å². The summed E-state index contributed by atoms with van der Waals surface area (Å²) >= 11 is 0. The molecule has 0 saturated heterocycles. The van der Waals surface area contributed by atoms with Crippen molar-refractivity contribution in [2.75, 3.05) is 6.61 Å². The molecule has 0 aromatic rings. The van der Waals surface area contributed by atoms with Crippen LogP contribution in [0.15, 0.2) is 4.99 Å². The molecule has 0 amide bonds. The molecule has 0 saturated carbocycles. The molecule has 0 spiro atoms. The predicted molar refractivity (Wildman–Crippen MR) is 22.2 cm³/mol. The standard InChI is InChI=1S/C3H4N2O/c4-3-5-1-2-6-3/h1,4H,2H2. The first-order chi connectivity index (χ1) is 2.89. The fourth-order valence-corrected chi connectivity index (χ4v) is 0.274. The molecule has 3 heteroatoms. The molecule has 0 unspecified atom stereocenters. The van der Waals surface area contributed by atoms with E-state index in [-0.39, 0.29) is 6.02 Å². The molecule has 0 bridgehead atoms. The number of ether oxygens (including phenoxy) is 1. The molecular formula is C3H4N2O. The lowest BCUT2D eigenvalue weighted by molar-refractivity contribution is 0.374. The van der Waals surface area contributed by atoms with Gasteiger partial charge in [0, 0.05) is 6.21 Å². The third-order valence-electron chi connectivity index (χ3n) is 0.503. The fraction of sp³-hybridized carbons (Fsp3) is 0.333. The lowest BCUT2D eigenvalue weighted by atomic mass is 10.8. The zero-order chi connectivity index (χ0) is 4.41. The van der Waals surface area contributed by atoms with Crippen molar-refractivity contribution in [2.24, 2.45) is 4.99 Å². The molecule has 1 N–H and O–H groups in total. The van der Waals surface area contributed by atoms with Gasteiger partial charge in [-0.2, -0.15) is 0 Å². The molecule has 0 radical (unpaired) electrons. The molecule has 0 fully saturated rings. The van der Waals surface area contributed by atoms with Crippen molar-refractivity contribution < 1.29 is 4.74 Å². The van der Waals surface area contributed by atoms with Crippen LogP contribution in [0.2, 0.25) is 0 Å². The molecule has 1 heterocycles. The average Bonchev–Trinajstić information content (AvgIpc) is 1.86. The van der Waals surface area contributed by atoms with Gasteiger partial charge in [-0.05, 0) is 0 Å². The minimum Gasteiger partial charge on any atom is -0.458 e. The number of hydrogen-bond acceptors (Lipinski definition) is 2. The maximum atomic E-state index is 6.63. The van der Waals surface area contributed by atoms with Crippen molar-refractivity contribution in [3.63, 3.8) is 0 Å². The largest absolute Gasteiger partial charge is 0.458 e. The van der Waals surface area contributed by atoms with Crippen molar-refractivity contribution in [2.45, 2.75) is 0 Å². The molecule has 1 aliphatic rings. The van der Waals surface area contributed by atoms with Gasteiger partial charge in [-0.25, -0.2) is 10.4 Å². The Hall–Kier alpha value is -0.860. The van der Waals surface area contributed by atoms with Crippen LogP contribution in [0.4, 0.5) is 0 Å². The van der Waals surface area contributed by atoms with Gasteiger partial charge in [0.2, 0.25) is 0 Å². The summed E-state index contributed by atoms with van der Waals surface area (Å²) in [6, 6.07) is 0.0231. The van der Waals surface area contributed by atoms with E-state index in [4.69, 9.17) is 5.41 Å². The first-order valence-corrected chi connectivity index (χ1v) is 1.63. The third-order valence-corrected chi connectivity index (χ3v) is 0.503. The lowest BCUT2D eigenvalue weighted by Gasteiger charge is -1.83. The van der Waals surface area contributed by atoms with E-state index >= 15 is 0 Å². The van der Waals surface area contributed by atoms with Crippen molar-refractivity contribution in [1.29, 1.82) is 5.41 Å². The molecule has 1 aliphatic heterocycles. The Bertz CT molecular complexity index is 97.0. The van der Waals surface area contributed by atoms with Gasteiger partial charge in [-0.15, -0.1) is 0 Å². The highest BCUT2D eigenvalue weighted by Gasteiger charge is 1.95. The van der Waals surface area contributed by atoms with E-state index in [0.29, 0.717) is 6.61 Å². The second-order valence-electron chi connectivity index (χ2n) is 0.928. The normalized spacial score (nSPS) is 18.3. The molecule has 3 nitrogen and oxygen atoms in total. The number of amidine groups is 1. The molecule has 0 aromatic heterocycles. The number of nitrogens with zero attached hydrogens (tertiary/aromatic N) is 1. The maximum Gasteiger partial charge on any atom is 0.308 e. The summed E-state index contributed by atoms with van der Waals surface area (Å²) in [5, 5.41) is 6.63. The molecule has 0 atom stereocenters. The molecule has 0 aliphatic carbocycles. The van der Waals surface area contributed by atoms with Crippen LogP contribution >= 0.6 is 0 Å². The summed E-state index contributed by atoms with van der Waals surface area (Å²) in [7, 11) is 0. The number of hydrogen-bond donors (Lipinski definition) is 1. The molecule has 0 aromatic carbocycles. The van der Waals surface area contributed by atoms with Crippen molar-refractivity contribution in [3.05, 3.63) is 0 Å². The minimum absolute atomic E-state index is 0.0231. The van der Waals surface area contributed by atoms with E-state index in [1.807, 2.05) is 0 Å². The van der Waals surface area contributed by atoms with Crippen LogP contribution in [0.5, 0.6) is 0 Å². The molecule has 32 valence electrons. The average molecular weight is 84.1 g/mol. The maximum absolute atomic E-state index is 6.63. The molecular weight excluding hydrogens is 80.0 g/mol. The third kappa shape index (κ3) is 0.381. The van der Waals surface area contributed by atoms with Crippen molar-refractivity contribution >= 4 is 12.2 Å². The van der Waals surface area contributed by atoms with E-state index in [9.17, 15) is 0 Å². The highest BCUT2D eigenvalue weighted by Crippen LogP contribution is 1.84. The summed E-state index contributed by atoms with van der Waals surface area (Å²) in [5.74, 6) is 0. The van der Waals surface area contributed by atoms with Crippen molar-refractivity contribution in [3.8, 4) is 0 Å². The number of aliphatic imine (C=N–C) groups is 1. The summed E-state index contributed by atoms with van der Waals surface area (Å²) < 4.78 is 4.51. The van der Waals surface area contributed by atoms with Gasteiger partial charge >= 0.3 is 6.02 Å². The predicted octanol–water partition coefficient (Wildman–Crippen LogP) is 0.0222. The van der Waals surface area contributed by atoms with Gasteiger partial charge in [-0.3, -0.25) is 0 Å². The fourth-order valence-electron chi connectivity index (χ4n) is 0.274. The van der Waals surface area contributed by atoms with Crippen LogP contribution < -0.4 is 0 Å². The van der Waals surface area contributed by atoms with Crippen LogP contribution in [-0.4, -0.2) is 18.8 Å². The van der Waals surface area contributed by atoms with Crippen LogP contribution in [0, 0.1) is 5.41 Å². The molecule has 1 rings (SSSR count). The van der Waals surface area contributed by atoms with E-state index < -0.39 is 0 Å². The monoisotopic (exact) mass is 84.0 g/mol. The van der Waals surface area contributed by atoms with Gasteiger partial charge in [0.15, 0.2) is 0 Å². The van der Waals surface area contributed by atoms with E-state index in [1.54, 1.807) is 6.21 Å². The van der Waals surface area contributed by atoms with Crippen LogP contribution in [-0.2, 0) is 4.74 Å². The minimum atomic E-state index is 0.0231. The Morgan fingerprint density at radius 2 is 2.83 bits per heavy atom. The Labute approximate surface area is 35.2 Å². The second-order valence-corrected chi connectivity index (χ2v) is 0.928. The summed E-state index contributed by atoms with van der Waals surface area (Å²) in [4.78, 5) is 3.47. The first-order valence-electron chi connectivity index (χ1n) is 1.63. The number of nitrogens with one attached hydrogen (secondary N) is 1. The van der Waals surface area contributed by atoms with Crippen LogP contribution in [0.3, 0.4) is 0 Å². The van der Waals surface area contributed by atoms with E-state index in [2.05, 4.69) is 9.73 Å². The SMILES string of the molecule is N=C1N=CCO1. The van der Waals surface area contributed by atoms with Crippen LogP contribution in [0.25, 0.3) is 0 Å². The van der Waals surface area contributed by atoms with E-state index in [0.717, 1.165) is 0 Å². The second kappa shape index (κ2) is 1.08. The van der Waals surface area contributed by atoms with Gasteiger partial charge in [0.05, 0.1) is 0 Å². The van der Waals surface area contributed by atoms with Crippen LogP contribution in [0.1, 0.15) is 0 Å². The Morgan fingerprint density at radius 3 is 3.00 bits per heavy atom. The number of rotatable bonds is 0. The quantitative estimate of drug-likeness (QED) is 0.442. The highest BCUT2D eigenvalue weighted by atomic mass is 16.5. The zero-order valence-electron chi connectivity index (χ0n) is 3.14. The topological polar surface area (TPSA) is 45.4 Å². The lowest BCUT2D eigenvalue weighted by Crippen LogP contribution is -1.88. The Morgan fingerprint density at radius 1 is 2.00 bits per heavy atom. The van der Waals surface area contributed by atoms with Gasteiger partial charge in [0.25, 0.3) is 0 Å². The highest BCUT2D eigenvalue weighted by molar-refractivity contribution is 5.86.